The molecule has 1 rings (SSSR count). The lowest BCUT2D eigenvalue weighted by Gasteiger charge is -1.94. The number of pyridine rings is 1. The molecule has 0 atom stereocenters. The van der Waals surface area contributed by atoms with E-state index in [2.05, 4.69) is 9.98 Å². The van der Waals surface area contributed by atoms with E-state index in [1.54, 1.807) is 31.6 Å². The number of hydrogen-bond acceptors (Lipinski definition) is 3. The van der Waals surface area contributed by atoms with Gasteiger partial charge in [-0.3, -0.25) is 9.98 Å². The second-order valence-corrected chi connectivity index (χ2v) is 1.66. The molecule has 0 amide bonds. The summed E-state index contributed by atoms with van der Waals surface area (Å²) >= 11 is 0. The lowest BCUT2D eigenvalue weighted by atomic mass is 10.5. The molecule has 0 aliphatic carbocycles. The standard InChI is InChI=1S/C7H8N2O/c1-8-6-10-7-2-4-9-5-3-7/h2-6H,1H3/b8-6+. The topological polar surface area (TPSA) is 34.5 Å². The molecule has 0 spiro atoms. The molecule has 0 saturated carbocycles. The maximum absolute atomic E-state index is 5.02. The van der Waals surface area contributed by atoms with Crippen molar-refractivity contribution in [1.29, 1.82) is 0 Å². The Hall–Kier alpha value is -1.38. The Morgan fingerprint density at radius 3 is 2.80 bits per heavy atom. The van der Waals surface area contributed by atoms with Crippen molar-refractivity contribution in [3.63, 3.8) is 0 Å². The molecular formula is C7H8N2O. The fourth-order valence-corrected chi connectivity index (χ4v) is 0.530. The normalized spacial score (nSPS) is 10.1. The van der Waals surface area contributed by atoms with Gasteiger partial charge in [-0.25, -0.2) is 0 Å². The Kier molecular flexibility index (Phi) is 2.43. The Labute approximate surface area is 59.4 Å². The number of aromatic nitrogens is 1. The number of nitrogens with zero attached hydrogens (tertiary/aromatic N) is 2. The lowest BCUT2D eigenvalue weighted by molar-refractivity contribution is 0.572. The molecule has 0 aliphatic heterocycles. The molecule has 0 radical (unpaired) electrons. The Morgan fingerprint density at radius 2 is 2.20 bits per heavy atom. The van der Waals surface area contributed by atoms with Gasteiger partial charge in [0.25, 0.3) is 0 Å². The summed E-state index contributed by atoms with van der Waals surface area (Å²) in [5, 5.41) is 0. The van der Waals surface area contributed by atoms with Crippen LogP contribution in [-0.2, 0) is 0 Å². The average molecular weight is 136 g/mol. The molecule has 0 aliphatic rings. The number of aliphatic imine (C=N–C) groups is 1. The molecule has 0 aromatic carbocycles. The molecule has 1 aromatic heterocycles. The maximum Gasteiger partial charge on any atom is 0.176 e. The zero-order valence-electron chi connectivity index (χ0n) is 5.69. The highest BCUT2D eigenvalue weighted by Gasteiger charge is 1.84. The van der Waals surface area contributed by atoms with Crippen LogP contribution in [0.4, 0.5) is 0 Å². The summed E-state index contributed by atoms with van der Waals surface area (Å²) < 4.78 is 5.02. The van der Waals surface area contributed by atoms with Gasteiger partial charge in [-0.2, -0.15) is 0 Å². The number of ether oxygens (including phenoxy) is 1. The minimum absolute atomic E-state index is 0.751. The molecular weight excluding hydrogens is 128 g/mol. The minimum Gasteiger partial charge on any atom is -0.446 e. The van der Waals surface area contributed by atoms with E-state index in [1.165, 1.54) is 6.40 Å². The van der Waals surface area contributed by atoms with E-state index in [0.717, 1.165) is 5.75 Å². The summed E-state index contributed by atoms with van der Waals surface area (Å²) in [6, 6.07) is 3.53. The first-order valence-electron chi connectivity index (χ1n) is 2.91. The summed E-state index contributed by atoms with van der Waals surface area (Å²) in [5.74, 6) is 0.751. The maximum atomic E-state index is 5.02. The van der Waals surface area contributed by atoms with Crippen molar-refractivity contribution in [2.45, 2.75) is 0 Å². The van der Waals surface area contributed by atoms with Gasteiger partial charge in [0.05, 0.1) is 0 Å². The molecule has 0 saturated heterocycles. The predicted octanol–water partition coefficient (Wildman–Crippen LogP) is 1.12. The van der Waals surface area contributed by atoms with Crippen LogP contribution in [0.5, 0.6) is 5.75 Å². The van der Waals surface area contributed by atoms with Gasteiger partial charge < -0.3 is 4.74 Å². The van der Waals surface area contributed by atoms with Crippen LogP contribution in [0.25, 0.3) is 0 Å². The third kappa shape index (κ3) is 1.85. The Bertz CT molecular complexity index is 208. The van der Waals surface area contributed by atoms with Crippen molar-refractivity contribution in [1.82, 2.24) is 4.98 Å². The van der Waals surface area contributed by atoms with Gasteiger partial charge in [0, 0.05) is 19.4 Å². The molecule has 0 unspecified atom stereocenters. The lowest BCUT2D eigenvalue weighted by Crippen LogP contribution is -1.88. The quantitative estimate of drug-likeness (QED) is 0.451. The highest BCUT2D eigenvalue weighted by molar-refractivity contribution is 5.51. The fourth-order valence-electron chi connectivity index (χ4n) is 0.530. The van der Waals surface area contributed by atoms with Gasteiger partial charge in [0.1, 0.15) is 5.75 Å². The molecule has 52 valence electrons. The van der Waals surface area contributed by atoms with Crippen LogP contribution in [0.3, 0.4) is 0 Å². The monoisotopic (exact) mass is 136 g/mol. The van der Waals surface area contributed by atoms with Gasteiger partial charge in [0.15, 0.2) is 6.40 Å². The molecule has 0 N–H and O–H groups in total. The summed E-state index contributed by atoms with van der Waals surface area (Å²) in [6.07, 6.45) is 4.72. The van der Waals surface area contributed by atoms with Gasteiger partial charge in [-0.05, 0) is 12.1 Å². The second-order valence-electron chi connectivity index (χ2n) is 1.66. The zero-order chi connectivity index (χ0) is 7.23. The predicted molar refractivity (Wildman–Crippen MR) is 39.3 cm³/mol. The SMILES string of the molecule is C/N=C/Oc1ccncc1. The first-order valence-corrected chi connectivity index (χ1v) is 2.91. The third-order valence-corrected chi connectivity index (χ3v) is 0.944. The molecule has 3 nitrogen and oxygen atoms in total. The molecule has 3 heteroatoms. The number of rotatable bonds is 2. The summed E-state index contributed by atoms with van der Waals surface area (Å²) in [4.78, 5) is 7.49. The average Bonchev–Trinajstić information content (AvgIpc) is 2.03. The van der Waals surface area contributed by atoms with E-state index >= 15 is 0 Å². The van der Waals surface area contributed by atoms with E-state index in [0.29, 0.717) is 0 Å². The van der Waals surface area contributed by atoms with Crippen molar-refractivity contribution in [2.24, 2.45) is 4.99 Å². The molecule has 10 heavy (non-hydrogen) atoms. The van der Waals surface area contributed by atoms with Crippen molar-refractivity contribution >= 4 is 6.40 Å². The summed E-state index contributed by atoms with van der Waals surface area (Å²) in [5.41, 5.74) is 0. The Balaban J connectivity index is 2.59. The van der Waals surface area contributed by atoms with Crippen molar-refractivity contribution in [3.05, 3.63) is 24.5 Å². The van der Waals surface area contributed by atoms with Crippen LogP contribution in [-0.4, -0.2) is 18.4 Å². The number of hydrogen-bond donors (Lipinski definition) is 0. The Morgan fingerprint density at radius 1 is 1.50 bits per heavy atom. The molecule has 0 bridgehead atoms. The summed E-state index contributed by atoms with van der Waals surface area (Å²) in [6.45, 7) is 0. The van der Waals surface area contributed by atoms with Crippen LogP contribution >= 0.6 is 0 Å². The van der Waals surface area contributed by atoms with Gasteiger partial charge in [-0.1, -0.05) is 0 Å². The van der Waals surface area contributed by atoms with E-state index in [-0.39, 0.29) is 0 Å². The summed E-state index contributed by atoms with van der Waals surface area (Å²) in [7, 11) is 1.65. The van der Waals surface area contributed by atoms with Crippen LogP contribution in [0, 0.1) is 0 Å². The van der Waals surface area contributed by atoms with Gasteiger partial charge >= 0.3 is 0 Å². The molecule has 1 aromatic rings. The van der Waals surface area contributed by atoms with E-state index < -0.39 is 0 Å². The van der Waals surface area contributed by atoms with Gasteiger partial charge in [0.2, 0.25) is 0 Å². The molecule has 0 fully saturated rings. The van der Waals surface area contributed by atoms with Gasteiger partial charge in [-0.15, -0.1) is 0 Å². The van der Waals surface area contributed by atoms with Crippen LogP contribution < -0.4 is 4.74 Å². The largest absolute Gasteiger partial charge is 0.446 e. The first-order chi connectivity index (χ1) is 4.93. The van der Waals surface area contributed by atoms with Crippen LogP contribution in [0.1, 0.15) is 0 Å². The first kappa shape index (κ1) is 6.74. The second kappa shape index (κ2) is 3.61. The van der Waals surface area contributed by atoms with Crippen molar-refractivity contribution in [2.75, 3.05) is 7.05 Å². The highest BCUT2D eigenvalue weighted by Crippen LogP contribution is 2.04. The molecule has 1 heterocycles. The third-order valence-electron chi connectivity index (χ3n) is 0.944. The fraction of sp³-hybridized carbons (Fsp3) is 0.143. The van der Waals surface area contributed by atoms with Crippen molar-refractivity contribution in [3.8, 4) is 5.75 Å². The van der Waals surface area contributed by atoms with Crippen molar-refractivity contribution < 1.29 is 4.74 Å². The van der Waals surface area contributed by atoms with Crippen LogP contribution in [0.15, 0.2) is 29.5 Å². The minimum atomic E-state index is 0.751. The highest BCUT2D eigenvalue weighted by atomic mass is 16.5. The van der Waals surface area contributed by atoms with Crippen LogP contribution in [0.2, 0.25) is 0 Å². The van der Waals surface area contributed by atoms with E-state index in [9.17, 15) is 0 Å². The smallest absolute Gasteiger partial charge is 0.176 e. The zero-order valence-corrected chi connectivity index (χ0v) is 5.69. The van der Waals surface area contributed by atoms with E-state index in [1.807, 2.05) is 0 Å². The van der Waals surface area contributed by atoms with E-state index in [4.69, 9.17) is 4.74 Å².